The maximum Gasteiger partial charge on any atom is 0.102 e. The lowest BCUT2D eigenvalue weighted by atomic mass is 10.2. The Morgan fingerprint density at radius 1 is 0.500 bits per heavy atom. The molecular formula is C16H38N2O2+2. The van der Waals surface area contributed by atoms with Gasteiger partial charge < -0.3 is 18.4 Å². The number of ether oxygens (including phenoxy) is 2. The Morgan fingerprint density at radius 3 is 1.15 bits per heavy atom. The van der Waals surface area contributed by atoms with Crippen molar-refractivity contribution in [1.29, 1.82) is 0 Å². The van der Waals surface area contributed by atoms with Gasteiger partial charge in [0.25, 0.3) is 0 Å². The fraction of sp³-hybridized carbons (Fsp3) is 1.00. The molecule has 0 amide bonds. The first-order valence-corrected chi connectivity index (χ1v) is 7.97. The van der Waals surface area contributed by atoms with Gasteiger partial charge in [0.2, 0.25) is 0 Å². The molecule has 0 unspecified atom stereocenters. The molecule has 0 fully saturated rings. The molecular weight excluding hydrogens is 252 g/mol. The third-order valence-corrected chi connectivity index (χ3v) is 3.14. The number of hydrogen-bond donors (Lipinski definition) is 0. The van der Waals surface area contributed by atoms with E-state index in [0.29, 0.717) is 0 Å². The Bertz CT molecular complexity index is 195. The monoisotopic (exact) mass is 290 g/mol. The standard InChI is InChI=1S/C16H38N2O2/c1-17(2,3)11-15-19-13-9-7-8-10-14-20-16-12-18(4,5)6/h7-16H2,1-6H3/q+2. The molecule has 0 N–H and O–H groups in total. The smallest absolute Gasteiger partial charge is 0.102 e. The Hall–Kier alpha value is -0.160. The van der Waals surface area contributed by atoms with Crippen LogP contribution in [0.2, 0.25) is 0 Å². The molecule has 0 heterocycles. The van der Waals surface area contributed by atoms with Crippen LogP contribution in [0.4, 0.5) is 0 Å². The molecule has 0 saturated carbocycles. The van der Waals surface area contributed by atoms with Crippen molar-refractivity contribution in [1.82, 2.24) is 0 Å². The van der Waals surface area contributed by atoms with Crippen molar-refractivity contribution in [3.63, 3.8) is 0 Å². The first-order chi connectivity index (χ1) is 9.21. The van der Waals surface area contributed by atoms with E-state index in [1.807, 2.05) is 0 Å². The summed E-state index contributed by atoms with van der Waals surface area (Å²) in [5, 5.41) is 0. The first-order valence-electron chi connectivity index (χ1n) is 7.97. The quantitative estimate of drug-likeness (QED) is 0.381. The van der Waals surface area contributed by atoms with E-state index < -0.39 is 0 Å². The van der Waals surface area contributed by atoms with Crippen LogP contribution in [0.3, 0.4) is 0 Å². The van der Waals surface area contributed by atoms with Crippen LogP contribution in [-0.2, 0) is 9.47 Å². The minimum Gasteiger partial charge on any atom is -0.376 e. The highest BCUT2D eigenvalue weighted by Gasteiger charge is 2.06. The van der Waals surface area contributed by atoms with E-state index in [1.54, 1.807) is 0 Å². The summed E-state index contributed by atoms with van der Waals surface area (Å²) in [6.45, 7) is 5.72. The van der Waals surface area contributed by atoms with E-state index in [0.717, 1.165) is 48.5 Å². The fourth-order valence-electron chi connectivity index (χ4n) is 1.64. The Morgan fingerprint density at radius 2 is 0.850 bits per heavy atom. The molecule has 0 atom stereocenters. The SMILES string of the molecule is C[N+](C)(C)CCOCCCCCCOCC[N+](C)(C)C. The molecule has 0 radical (unpaired) electrons. The van der Waals surface area contributed by atoms with Crippen LogP contribution in [0.5, 0.6) is 0 Å². The van der Waals surface area contributed by atoms with Crippen LogP contribution in [0.15, 0.2) is 0 Å². The Balaban J connectivity index is 3.10. The zero-order chi connectivity index (χ0) is 15.5. The summed E-state index contributed by atoms with van der Waals surface area (Å²) < 4.78 is 13.2. The molecule has 122 valence electrons. The lowest BCUT2D eigenvalue weighted by Gasteiger charge is -2.23. The fourth-order valence-corrected chi connectivity index (χ4v) is 1.64. The van der Waals surface area contributed by atoms with Gasteiger partial charge in [-0.05, 0) is 12.8 Å². The molecule has 0 spiro atoms. The molecule has 0 aliphatic carbocycles. The van der Waals surface area contributed by atoms with Crippen molar-refractivity contribution < 1.29 is 18.4 Å². The van der Waals surface area contributed by atoms with Gasteiger partial charge in [0.05, 0.1) is 55.5 Å². The van der Waals surface area contributed by atoms with Gasteiger partial charge in [-0.3, -0.25) is 0 Å². The van der Waals surface area contributed by atoms with Gasteiger partial charge in [0.15, 0.2) is 0 Å². The van der Waals surface area contributed by atoms with Crippen LogP contribution in [0, 0.1) is 0 Å². The summed E-state index contributed by atoms with van der Waals surface area (Å²) in [6.07, 6.45) is 4.86. The van der Waals surface area contributed by atoms with Crippen molar-refractivity contribution in [2.45, 2.75) is 25.7 Å². The predicted octanol–water partition coefficient (Wildman–Crippen LogP) is 1.99. The van der Waals surface area contributed by atoms with E-state index >= 15 is 0 Å². The van der Waals surface area contributed by atoms with Gasteiger partial charge in [0.1, 0.15) is 13.1 Å². The zero-order valence-electron chi connectivity index (χ0n) is 14.8. The number of likely N-dealkylation sites (N-methyl/N-ethyl adjacent to an activating group) is 2. The van der Waals surface area contributed by atoms with Crippen LogP contribution < -0.4 is 0 Å². The predicted molar refractivity (Wildman–Crippen MR) is 85.9 cm³/mol. The molecule has 0 aromatic heterocycles. The molecule has 0 aromatic carbocycles. The molecule has 0 aliphatic rings. The maximum atomic E-state index is 5.64. The highest BCUT2D eigenvalue weighted by atomic mass is 16.5. The summed E-state index contributed by atoms with van der Waals surface area (Å²) in [7, 11) is 13.2. The summed E-state index contributed by atoms with van der Waals surface area (Å²) in [6, 6.07) is 0. The summed E-state index contributed by atoms with van der Waals surface area (Å²) >= 11 is 0. The van der Waals surface area contributed by atoms with E-state index in [-0.39, 0.29) is 0 Å². The highest BCUT2D eigenvalue weighted by Crippen LogP contribution is 2.01. The van der Waals surface area contributed by atoms with Crippen molar-refractivity contribution in [3.05, 3.63) is 0 Å². The van der Waals surface area contributed by atoms with Gasteiger partial charge in [-0.2, -0.15) is 0 Å². The molecule has 0 rings (SSSR count). The van der Waals surface area contributed by atoms with Crippen molar-refractivity contribution in [3.8, 4) is 0 Å². The third-order valence-electron chi connectivity index (χ3n) is 3.14. The number of hydrogen-bond acceptors (Lipinski definition) is 2. The van der Waals surface area contributed by atoms with Crippen LogP contribution in [0.1, 0.15) is 25.7 Å². The van der Waals surface area contributed by atoms with Crippen molar-refractivity contribution >= 4 is 0 Å². The second kappa shape index (κ2) is 10.6. The second-order valence-corrected chi connectivity index (χ2v) is 7.67. The first kappa shape index (κ1) is 19.8. The normalized spacial score (nSPS) is 12.9. The van der Waals surface area contributed by atoms with E-state index in [1.165, 1.54) is 25.7 Å². The van der Waals surface area contributed by atoms with Crippen LogP contribution >= 0.6 is 0 Å². The number of nitrogens with zero attached hydrogens (tertiary/aromatic N) is 2. The van der Waals surface area contributed by atoms with Crippen LogP contribution in [-0.4, -0.2) is 90.8 Å². The summed E-state index contributed by atoms with van der Waals surface area (Å²) in [5.41, 5.74) is 0. The number of quaternary nitrogens is 2. The molecule has 0 aromatic rings. The highest BCUT2D eigenvalue weighted by molar-refractivity contribution is 4.43. The molecule has 0 saturated heterocycles. The minimum absolute atomic E-state index is 0.873. The average molecular weight is 290 g/mol. The lowest BCUT2D eigenvalue weighted by Crippen LogP contribution is -2.37. The van der Waals surface area contributed by atoms with Gasteiger partial charge in [-0.25, -0.2) is 0 Å². The molecule has 20 heavy (non-hydrogen) atoms. The van der Waals surface area contributed by atoms with Crippen molar-refractivity contribution in [2.75, 3.05) is 81.8 Å². The minimum atomic E-state index is 0.873. The largest absolute Gasteiger partial charge is 0.376 e. The number of unbranched alkanes of at least 4 members (excludes halogenated alkanes) is 3. The van der Waals surface area contributed by atoms with E-state index in [4.69, 9.17) is 9.47 Å². The third kappa shape index (κ3) is 17.8. The van der Waals surface area contributed by atoms with Gasteiger partial charge >= 0.3 is 0 Å². The zero-order valence-corrected chi connectivity index (χ0v) is 14.8. The van der Waals surface area contributed by atoms with Gasteiger partial charge in [-0.1, -0.05) is 12.8 Å². The summed E-state index contributed by atoms with van der Waals surface area (Å²) in [5.74, 6) is 0. The van der Waals surface area contributed by atoms with Crippen LogP contribution in [0.25, 0.3) is 0 Å². The topological polar surface area (TPSA) is 18.5 Å². The molecule has 4 heteroatoms. The molecule has 4 nitrogen and oxygen atoms in total. The van der Waals surface area contributed by atoms with Gasteiger partial charge in [-0.15, -0.1) is 0 Å². The lowest BCUT2D eigenvalue weighted by molar-refractivity contribution is -0.870. The maximum absolute atomic E-state index is 5.64. The Labute approximate surface area is 126 Å². The average Bonchev–Trinajstić information content (AvgIpc) is 2.27. The van der Waals surface area contributed by atoms with E-state index in [9.17, 15) is 0 Å². The number of rotatable bonds is 13. The van der Waals surface area contributed by atoms with Crippen molar-refractivity contribution in [2.24, 2.45) is 0 Å². The summed E-state index contributed by atoms with van der Waals surface area (Å²) in [4.78, 5) is 0. The molecule has 0 aliphatic heterocycles. The second-order valence-electron chi connectivity index (χ2n) is 7.67. The Kier molecular flexibility index (Phi) is 10.5. The van der Waals surface area contributed by atoms with Gasteiger partial charge in [0, 0.05) is 13.2 Å². The molecule has 0 bridgehead atoms. The van der Waals surface area contributed by atoms with E-state index in [2.05, 4.69) is 42.3 Å².